The average molecular weight is 311 g/mol. The van der Waals surface area contributed by atoms with Crippen LogP contribution in [0.5, 0.6) is 0 Å². The zero-order valence-electron chi connectivity index (χ0n) is 12.5. The topological polar surface area (TPSA) is 69.7 Å². The number of likely N-dealkylation sites (N-methyl/N-ethyl adjacent to an activating group) is 2. The van der Waals surface area contributed by atoms with Crippen LogP contribution in [0.25, 0.3) is 0 Å². The first-order chi connectivity index (χ1) is 9.80. The lowest BCUT2D eigenvalue weighted by atomic mass is 10.3. The van der Waals surface area contributed by atoms with Gasteiger partial charge in [0, 0.05) is 32.2 Å². The van der Waals surface area contributed by atoms with E-state index in [2.05, 4.69) is 10.2 Å². The number of carbonyl (C=O) groups is 1. The van der Waals surface area contributed by atoms with E-state index in [1.807, 2.05) is 7.05 Å². The number of hydrogen-bond donors (Lipinski definition) is 1. The number of rotatable bonds is 4. The zero-order chi connectivity index (χ0) is 15.6. The predicted octanol–water partition coefficient (Wildman–Crippen LogP) is 0.970. The Kier molecular flexibility index (Phi) is 4.65. The molecule has 0 bridgehead atoms. The smallest absolute Gasteiger partial charge is 0.243 e. The van der Waals surface area contributed by atoms with Gasteiger partial charge in [-0.1, -0.05) is 0 Å². The Hall–Kier alpha value is -1.44. The summed E-state index contributed by atoms with van der Waals surface area (Å²) in [4.78, 5) is 13.3. The van der Waals surface area contributed by atoms with Crippen molar-refractivity contribution in [2.75, 3.05) is 32.5 Å². The van der Waals surface area contributed by atoms with Crippen molar-refractivity contribution in [1.29, 1.82) is 0 Å². The number of nitrogens with zero attached hydrogens (tertiary/aromatic N) is 2. The molecule has 1 aliphatic rings. The second-order valence-corrected chi connectivity index (χ2v) is 7.43. The molecule has 0 saturated carbocycles. The maximum Gasteiger partial charge on any atom is 0.243 e. The maximum absolute atomic E-state index is 12.6. The standard InChI is InChI=1S/C14H21N3O3S/c1-11(18)15-12-4-6-14(7-5-12)21(19,20)17(3)13-8-9-16(2)10-13/h4-7,13H,8-10H2,1-3H3,(H,15,18). The van der Waals surface area contributed by atoms with E-state index in [0.717, 1.165) is 19.5 Å². The van der Waals surface area contributed by atoms with Gasteiger partial charge in [0.15, 0.2) is 0 Å². The molecule has 2 rings (SSSR count). The molecule has 1 atom stereocenters. The maximum atomic E-state index is 12.6. The number of anilines is 1. The average Bonchev–Trinajstić information content (AvgIpc) is 2.84. The van der Waals surface area contributed by atoms with Gasteiger partial charge < -0.3 is 10.2 Å². The predicted molar refractivity (Wildman–Crippen MR) is 81.6 cm³/mol. The van der Waals surface area contributed by atoms with Gasteiger partial charge >= 0.3 is 0 Å². The summed E-state index contributed by atoms with van der Waals surface area (Å²) in [6.45, 7) is 3.07. The van der Waals surface area contributed by atoms with Crippen molar-refractivity contribution in [3.05, 3.63) is 24.3 Å². The number of likely N-dealkylation sites (tertiary alicyclic amines) is 1. The number of benzene rings is 1. The van der Waals surface area contributed by atoms with Crippen molar-refractivity contribution in [2.45, 2.75) is 24.3 Å². The molecule has 1 unspecified atom stereocenters. The molecule has 0 aromatic heterocycles. The molecule has 7 heteroatoms. The summed E-state index contributed by atoms with van der Waals surface area (Å²) < 4.78 is 26.6. The van der Waals surface area contributed by atoms with Gasteiger partial charge in [-0.05, 0) is 44.3 Å². The lowest BCUT2D eigenvalue weighted by molar-refractivity contribution is -0.114. The van der Waals surface area contributed by atoms with Gasteiger partial charge in [-0.25, -0.2) is 8.42 Å². The van der Waals surface area contributed by atoms with Crippen LogP contribution in [0.3, 0.4) is 0 Å². The minimum atomic E-state index is -3.50. The van der Waals surface area contributed by atoms with Gasteiger partial charge in [-0.15, -0.1) is 0 Å². The Morgan fingerprint density at radius 3 is 2.43 bits per heavy atom. The SMILES string of the molecule is CC(=O)Nc1ccc(S(=O)(=O)N(C)C2CCN(C)C2)cc1. The normalized spacial score (nSPS) is 19.9. The Bertz CT molecular complexity index is 613. The van der Waals surface area contributed by atoms with Crippen LogP contribution in [0.15, 0.2) is 29.2 Å². The minimum absolute atomic E-state index is 0.00928. The van der Waals surface area contributed by atoms with Crippen LogP contribution in [0.1, 0.15) is 13.3 Å². The molecule has 1 aromatic carbocycles. The molecule has 0 aliphatic carbocycles. The van der Waals surface area contributed by atoms with Gasteiger partial charge in [0.25, 0.3) is 0 Å². The van der Waals surface area contributed by atoms with Crippen molar-refractivity contribution in [3.8, 4) is 0 Å². The number of sulfonamides is 1. The van der Waals surface area contributed by atoms with Crippen molar-refractivity contribution in [3.63, 3.8) is 0 Å². The number of hydrogen-bond acceptors (Lipinski definition) is 4. The van der Waals surface area contributed by atoms with Gasteiger partial charge in [-0.2, -0.15) is 4.31 Å². The van der Waals surface area contributed by atoms with Crippen LogP contribution in [-0.2, 0) is 14.8 Å². The van der Waals surface area contributed by atoms with E-state index in [0.29, 0.717) is 5.69 Å². The summed E-state index contributed by atoms with van der Waals surface area (Å²) in [6.07, 6.45) is 0.843. The summed E-state index contributed by atoms with van der Waals surface area (Å²) in [5.41, 5.74) is 0.588. The molecule has 1 heterocycles. The first-order valence-corrected chi connectivity index (χ1v) is 8.29. The molecule has 0 spiro atoms. The van der Waals surface area contributed by atoms with Crippen molar-refractivity contribution >= 4 is 21.6 Å². The summed E-state index contributed by atoms with van der Waals surface area (Å²) in [5, 5.41) is 2.62. The van der Waals surface area contributed by atoms with E-state index in [9.17, 15) is 13.2 Å². The fraction of sp³-hybridized carbons (Fsp3) is 0.500. The van der Waals surface area contributed by atoms with Gasteiger partial charge in [0.1, 0.15) is 0 Å². The fourth-order valence-electron chi connectivity index (χ4n) is 2.48. The zero-order valence-corrected chi connectivity index (χ0v) is 13.4. The molecule has 6 nitrogen and oxygen atoms in total. The number of nitrogens with one attached hydrogen (secondary N) is 1. The molecule has 1 fully saturated rings. The summed E-state index contributed by atoms with van der Waals surface area (Å²) in [6, 6.07) is 6.26. The largest absolute Gasteiger partial charge is 0.326 e. The first-order valence-electron chi connectivity index (χ1n) is 6.85. The highest BCUT2D eigenvalue weighted by Crippen LogP contribution is 2.22. The van der Waals surface area contributed by atoms with E-state index >= 15 is 0 Å². The number of carbonyl (C=O) groups excluding carboxylic acids is 1. The van der Waals surface area contributed by atoms with E-state index in [1.165, 1.54) is 23.4 Å². The molecule has 0 radical (unpaired) electrons. The molecule has 1 aliphatic heterocycles. The summed E-state index contributed by atoms with van der Waals surface area (Å²) in [5.74, 6) is -0.184. The minimum Gasteiger partial charge on any atom is -0.326 e. The quantitative estimate of drug-likeness (QED) is 0.899. The van der Waals surface area contributed by atoms with Crippen molar-refractivity contribution < 1.29 is 13.2 Å². The van der Waals surface area contributed by atoms with Gasteiger partial charge in [0.2, 0.25) is 15.9 Å². The first kappa shape index (κ1) is 15.9. The Balaban J connectivity index is 2.17. The lowest BCUT2D eigenvalue weighted by Crippen LogP contribution is -2.38. The third-order valence-corrected chi connectivity index (χ3v) is 5.66. The van der Waals surface area contributed by atoms with Crippen LogP contribution in [0.4, 0.5) is 5.69 Å². The van der Waals surface area contributed by atoms with Gasteiger partial charge in [0.05, 0.1) is 4.90 Å². The van der Waals surface area contributed by atoms with Crippen molar-refractivity contribution in [2.24, 2.45) is 0 Å². The highest BCUT2D eigenvalue weighted by Gasteiger charge is 2.31. The second kappa shape index (κ2) is 6.13. The fourth-order valence-corrected chi connectivity index (χ4v) is 3.86. The third kappa shape index (κ3) is 3.61. The molecule has 21 heavy (non-hydrogen) atoms. The third-order valence-electron chi connectivity index (χ3n) is 3.73. The van der Waals surface area contributed by atoms with Crippen molar-refractivity contribution in [1.82, 2.24) is 9.21 Å². The molecular formula is C14H21N3O3S. The highest BCUT2D eigenvalue weighted by molar-refractivity contribution is 7.89. The molecular weight excluding hydrogens is 290 g/mol. The molecule has 1 aromatic rings. The molecule has 116 valence electrons. The second-order valence-electron chi connectivity index (χ2n) is 5.43. The van der Waals surface area contributed by atoms with Crippen LogP contribution in [-0.4, -0.2) is 56.8 Å². The van der Waals surface area contributed by atoms with E-state index in [-0.39, 0.29) is 16.8 Å². The highest BCUT2D eigenvalue weighted by atomic mass is 32.2. The molecule has 1 saturated heterocycles. The summed E-state index contributed by atoms with van der Waals surface area (Å²) in [7, 11) is 0.118. The Labute approximate surface area is 125 Å². The Morgan fingerprint density at radius 2 is 1.95 bits per heavy atom. The van der Waals surface area contributed by atoms with Crippen LogP contribution < -0.4 is 5.32 Å². The van der Waals surface area contributed by atoms with Gasteiger partial charge in [-0.3, -0.25) is 4.79 Å². The Morgan fingerprint density at radius 1 is 1.33 bits per heavy atom. The number of amides is 1. The van der Waals surface area contributed by atoms with E-state index in [4.69, 9.17) is 0 Å². The van der Waals surface area contributed by atoms with Crippen LogP contribution >= 0.6 is 0 Å². The lowest BCUT2D eigenvalue weighted by Gasteiger charge is -2.23. The van der Waals surface area contributed by atoms with Crippen LogP contribution in [0, 0.1) is 0 Å². The molecule has 1 amide bonds. The monoisotopic (exact) mass is 311 g/mol. The molecule has 1 N–H and O–H groups in total. The summed E-state index contributed by atoms with van der Waals surface area (Å²) >= 11 is 0. The van der Waals surface area contributed by atoms with E-state index < -0.39 is 10.0 Å². The van der Waals surface area contributed by atoms with Crippen LogP contribution in [0.2, 0.25) is 0 Å². The van der Waals surface area contributed by atoms with E-state index in [1.54, 1.807) is 19.2 Å².